The van der Waals surface area contributed by atoms with Crippen LogP contribution in [0.5, 0.6) is 0 Å². The minimum atomic E-state index is 0.539. The highest BCUT2D eigenvalue weighted by Crippen LogP contribution is 2.26. The van der Waals surface area contributed by atoms with Gasteiger partial charge in [-0.05, 0) is 24.3 Å². The normalized spacial score (nSPS) is 11.8. The lowest BCUT2D eigenvalue weighted by molar-refractivity contribution is -0.656. The van der Waals surface area contributed by atoms with Crippen LogP contribution in [-0.2, 0) is 14.1 Å². The van der Waals surface area contributed by atoms with E-state index in [2.05, 4.69) is 73.5 Å². The summed E-state index contributed by atoms with van der Waals surface area (Å²) < 4.78 is 4.61. The number of hydrogen-bond acceptors (Lipinski definition) is 0. The summed E-state index contributed by atoms with van der Waals surface area (Å²) in [6, 6.07) is 13.1. The molecule has 0 N–H and O–H groups in total. The Balaban J connectivity index is 2.52. The van der Waals surface area contributed by atoms with Crippen LogP contribution >= 0.6 is 0 Å². The highest BCUT2D eigenvalue weighted by Gasteiger charge is 2.19. The maximum absolute atomic E-state index is 2.32. The third-order valence-corrected chi connectivity index (χ3v) is 3.83. The first-order chi connectivity index (χ1) is 8.61. The molecule has 2 nitrogen and oxygen atoms in total. The number of rotatable bonds is 1. The Hall–Kier alpha value is -1.83. The Kier molecular flexibility index (Phi) is 2.40. The number of para-hydroxylation sites is 1. The van der Waals surface area contributed by atoms with Gasteiger partial charge in [-0.2, -0.15) is 0 Å². The second kappa shape index (κ2) is 3.84. The van der Waals surface area contributed by atoms with Crippen LogP contribution in [0.25, 0.3) is 21.9 Å². The van der Waals surface area contributed by atoms with Crippen molar-refractivity contribution >= 4 is 21.9 Å². The molecule has 3 rings (SSSR count). The lowest BCUT2D eigenvalue weighted by Crippen LogP contribution is -2.36. The van der Waals surface area contributed by atoms with Crippen LogP contribution < -0.4 is 4.57 Å². The third-order valence-electron chi connectivity index (χ3n) is 3.83. The number of benzene rings is 1. The van der Waals surface area contributed by atoms with Crippen molar-refractivity contribution < 1.29 is 4.57 Å². The highest BCUT2D eigenvalue weighted by molar-refractivity contribution is 6.05. The second-order valence-corrected chi connectivity index (χ2v) is 5.29. The maximum Gasteiger partial charge on any atom is 0.289 e. The summed E-state index contributed by atoms with van der Waals surface area (Å²) in [6.45, 7) is 4.48. The molecule has 18 heavy (non-hydrogen) atoms. The van der Waals surface area contributed by atoms with E-state index in [4.69, 9.17) is 0 Å². The predicted molar refractivity (Wildman–Crippen MR) is 75.7 cm³/mol. The van der Waals surface area contributed by atoms with Crippen LogP contribution in [0, 0.1) is 0 Å². The van der Waals surface area contributed by atoms with Gasteiger partial charge in [-0.25, -0.2) is 9.13 Å². The molecule has 0 atom stereocenters. The fraction of sp³-hybridized carbons (Fsp3) is 0.312. The molecule has 2 heterocycles. The Morgan fingerprint density at radius 2 is 1.72 bits per heavy atom. The molecular formula is C16H19N2+. The molecule has 0 amide bonds. The molecule has 0 unspecified atom stereocenters. The van der Waals surface area contributed by atoms with Crippen molar-refractivity contribution in [3.63, 3.8) is 0 Å². The van der Waals surface area contributed by atoms with Gasteiger partial charge >= 0.3 is 0 Å². The molecule has 0 saturated carbocycles. The van der Waals surface area contributed by atoms with Gasteiger partial charge in [0.2, 0.25) is 0 Å². The van der Waals surface area contributed by atoms with Crippen LogP contribution in [0.15, 0.2) is 36.4 Å². The molecule has 2 aromatic heterocycles. The van der Waals surface area contributed by atoms with Crippen LogP contribution in [0.3, 0.4) is 0 Å². The Morgan fingerprint density at radius 1 is 1.00 bits per heavy atom. The molecule has 0 fully saturated rings. The monoisotopic (exact) mass is 239 g/mol. The van der Waals surface area contributed by atoms with Crippen molar-refractivity contribution in [2.24, 2.45) is 14.1 Å². The summed E-state index contributed by atoms with van der Waals surface area (Å²) >= 11 is 0. The fourth-order valence-corrected chi connectivity index (χ4v) is 2.96. The van der Waals surface area contributed by atoms with Gasteiger partial charge in [0.1, 0.15) is 11.2 Å². The smallest absolute Gasteiger partial charge is 0.233 e. The quantitative estimate of drug-likeness (QED) is 0.576. The molecule has 0 radical (unpaired) electrons. The van der Waals surface area contributed by atoms with E-state index in [0.717, 1.165) is 0 Å². The van der Waals surface area contributed by atoms with E-state index >= 15 is 0 Å². The second-order valence-electron chi connectivity index (χ2n) is 5.29. The maximum atomic E-state index is 2.32. The third kappa shape index (κ3) is 1.38. The molecular weight excluding hydrogens is 220 g/mol. The zero-order valence-corrected chi connectivity index (χ0v) is 11.4. The predicted octanol–water partition coefficient (Wildman–Crippen LogP) is 3.28. The number of fused-ring (bicyclic) bond motifs is 3. The zero-order valence-electron chi connectivity index (χ0n) is 11.4. The standard InChI is InChI=1S/C16H19N2/c1-11(2)14-10-9-13-12-7-5-6-8-15(12)18(4)16(13)17(14)3/h5-11H,1-4H3/q+1. The van der Waals surface area contributed by atoms with Gasteiger partial charge < -0.3 is 0 Å². The largest absolute Gasteiger partial charge is 0.289 e. The van der Waals surface area contributed by atoms with Gasteiger partial charge in [0.25, 0.3) is 5.65 Å². The van der Waals surface area contributed by atoms with Crippen molar-refractivity contribution in [1.29, 1.82) is 0 Å². The Bertz CT molecular complexity index is 736. The summed E-state index contributed by atoms with van der Waals surface area (Å²) in [4.78, 5) is 0. The molecule has 2 heteroatoms. The van der Waals surface area contributed by atoms with Crippen LogP contribution in [0.2, 0.25) is 0 Å². The Labute approximate surface area is 107 Å². The molecule has 3 aromatic rings. The molecule has 0 spiro atoms. The van der Waals surface area contributed by atoms with E-state index in [1.165, 1.54) is 27.6 Å². The molecule has 0 aliphatic heterocycles. The van der Waals surface area contributed by atoms with Crippen molar-refractivity contribution in [1.82, 2.24) is 4.57 Å². The van der Waals surface area contributed by atoms with Gasteiger partial charge in [-0.1, -0.05) is 26.0 Å². The minimum Gasteiger partial charge on any atom is -0.233 e. The van der Waals surface area contributed by atoms with E-state index in [-0.39, 0.29) is 0 Å². The topological polar surface area (TPSA) is 8.81 Å². The van der Waals surface area contributed by atoms with Gasteiger partial charge in [0.15, 0.2) is 0 Å². The summed E-state index contributed by atoms with van der Waals surface area (Å²) in [6.07, 6.45) is 0. The summed E-state index contributed by atoms with van der Waals surface area (Å²) in [5.74, 6) is 0.539. The van der Waals surface area contributed by atoms with Crippen LogP contribution in [0.4, 0.5) is 0 Å². The van der Waals surface area contributed by atoms with E-state index < -0.39 is 0 Å². The summed E-state index contributed by atoms with van der Waals surface area (Å²) in [5, 5.41) is 2.67. The Morgan fingerprint density at radius 3 is 2.44 bits per heavy atom. The molecule has 1 aromatic carbocycles. The number of aryl methyl sites for hydroxylation is 2. The number of pyridine rings is 1. The fourth-order valence-electron chi connectivity index (χ4n) is 2.96. The van der Waals surface area contributed by atoms with Gasteiger partial charge in [0.05, 0.1) is 19.5 Å². The molecule has 0 aliphatic carbocycles. The van der Waals surface area contributed by atoms with E-state index in [9.17, 15) is 0 Å². The van der Waals surface area contributed by atoms with Crippen molar-refractivity contribution in [2.45, 2.75) is 19.8 Å². The minimum absolute atomic E-state index is 0.539. The van der Waals surface area contributed by atoms with Gasteiger partial charge in [-0.3, -0.25) is 0 Å². The first-order valence-corrected chi connectivity index (χ1v) is 6.47. The van der Waals surface area contributed by atoms with E-state index in [1.807, 2.05) is 0 Å². The summed E-state index contributed by atoms with van der Waals surface area (Å²) in [7, 11) is 4.31. The van der Waals surface area contributed by atoms with Crippen LogP contribution in [-0.4, -0.2) is 4.57 Å². The average Bonchev–Trinajstić information content (AvgIpc) is 2.65. The number of aromatic nitrogens is 2. The lowest BCUT2D eigenvalue weighted by atomic mass is 10.1. The van der Waals surface area contributed by atoms with E-state index in [0.29, 0.717) is 5.92 Å². The molecule has 0 saturated heterocycles. The van der Waals surface area contributed by atoms with Crippen molar-refractivity contribution in [3.05, 3.63) is 42.1 Å². The van der Waals surface area contributed by atoms with Gasteiger partial charge in [-0.15, -0.1) is 0 Å². The van der Waals surface area contributed by atoms with E-state index in [1.54, 1.807) is 0 Å². The average molecular weight is 239 g/mol. The molecule has 0 aliphatic rings. The lowest BCUT2D eigenvalue weighted by Gasteiger charge is -2.07. The van der Waals surface area contributed by atoms with Crippen molar-refractivity contribution in [2.75, 3.05) is 0 Å². The zero-order chi connectivity index (χ0) is 12.9. The SMILES string of the molecule is CC(C)c1ccc2c3ccccc3n(C)c2[n+]1C. The molecule has 0 bridgehead atoms. The first kappa shape index (κ1) is 11.3. The molecule has 92 valence electrons. The number of nitrogens with zero attached hydrogens (tertiary/aromatic N) is 2. The summed E-state index contributed by atoms with van der Waals surface area (Å²) in [5.41, 5.74) is 3.96. The highest BCUT2D eigenvalue weighted by atomic mass is 15.1. The van der Waals surface area contributed by atoms with Crippen LogP contribution in [0.1, 0.15) is 25.5 Å². The first-order valence-electron chi connectivity index (χ1n) is 6.47. The number of hydrogen-bond donors (Lipinski definition) is 0. The van der Waals surface area contributed by atoms with Gasteiger partial charge in [0, 0.05) is 11.3 Å². The van der Waals surface area contributed by atoms with Crippen molar-refractivity contribution in [3.8, 4) is 0 Å².